The van der Waals surface area contributed by atoms with Crippen molar-refractivity contribution in [2.24, 2.45) is 5.73 Å². The lowest BCUT2D eigenvalue weighted by atomic mass is 10.1. The van der Waals surface area contributed by atoms with Crippen LogP contribution in [0.25, 0.3) is 0 Å². The Balaban J connectivity index is 2.22. The number of hydrogen-bond acceptors (Lipinski definition) is 5. The van der Waals surface area contributed by atoms with Gasteiger partial charge in [-0.05, 0) is 30.2 Å². The highest BCUT2D eigenvalue weighted by atomic mass is 32.2. The fourth-order valence-corrected chi connectivity index (χ4v) is 3.02. The summed E-state index contributed by atoms with van der Waals surface area (Å²) in [4.78, 5) is 8.00. The SMILES string of the molecule is Cc1ccc(CN)cc1S(=O)(=O)NCc1ccncn1. The zero-order valence-corrected chi connectivity index (χ0v) is 11.9. The maximum atomic E-state index is 12.3. The maximum absolute atomic E-state index is 12.3. The molecule has 1 aromatic heterocycles. The predicted octanol–water partition coefficient (Wildman–Crippen LogP) is 0.722. The van der Waals surface area contributed by atoms with Crippen molar-refractivity contribution in [1.82, 2.24) is 14.7 Å². The smallest absolute Gasteiger partial charge is 0.241 e. The average molecular weight is 292 g/mol. The van der Waals surface area contributed by atoms with Gasteiger partial charge in [0.25, 0.3) is 0 Å². The van der Waals surface area contributed by atoms with E-state index in [4.69, 9.17) is 5.73 Å². The molecule has 106 valence electrons. The van der Waals surface area contributed by atoms with E-state index >= 15 is 0 Å². The molecule has 1 heterocycles. The fraction of sp³-hybridized carbons (Fsp3) is 0.231. The summed E-state index contributed by atoms with van der Waals surface area (Å²) in [7, 11) is -3.59. The van der Waals surface area contributed by atoms with Crippen molar-refractivity contribution in [2.45, 2.75) is 24.9 Å². The lowest BCUT2D eigenvalue weighted by molar-refractivity contribution is 0.579. The zero-order chi connectivity index (χ0) is 14.6. The number of nitrogens with zero attached hydrogens (tertiary/aromatic N) is 2. The summed E-state index contributed by atoms with van der Waals surface area (Å²) in [5.74, 6) is 0. The van der Waals surface area contributed by atoms with Crippen molar-refractivity contribution in [3.8, 4) is 0 Å². The van der Waals surface area contributed by atoms with Gasteiger partial charge in [0.1, 0.15) is 6.33 Å². The largest absolute Gasteiger partial charge is 0.326 e. The Labute approximate surface area is 118 Å². The van der Waals surface area contributed by atoms with Gasteiger partial charge in [-0.3, -0.25) is 0 Å². The van der Waals surface area contributed by atoms with E-state index in [1.54, 1.807) is 31.3 Å². The second kappa shape index (κ2) is 6.08. The summed E-state index contributed by atoms with van der Waals surface area (Å²) in [6.45, 7) is 2.17. The summed E-state index contributed by atoms with van der Waals surface area (Å²) in [5.41, 5.74) is 7.61. The Bertz CT molecular complexity index is 687. The van der Waals surface area contributed by atoms with Gasteiger partial charge in [0.15, 0.2) is 0 Å². The number of nitrogens with one attached hydrogen (secondary N) is 1. The first kappa shape index (κ1) is 14.6. The molecule has 0 aliphatic heterocycles. The summed E-state index contributed by atoms with van der Waals surface area (Å²) < 4.78 is 27.1. The van der Waals surface area contributed by atoms with Crippen molar-refractivity contribution in [3.63, 3.8) is 0 Å². The highest BCUT2D eigenvalue weighted by Gasteiger charge is 2.17. The summed E-state index contributed by atoms with van der Waals surface area (Å²) >= 11 is 0. The van der Waals surface area contributed by atoms with E-state index in [1.165, 1.54) is 6.33 Å². The molecule has 1 aromatic carbocycles. The molecule has 2 rings (SSSR count). The van der Waals surface area contributed by atoms with Crippen molar-refractivity contribution in [1.29, 1.82) is 0 Å². The molecule has 0 fully saturated rings. The van der Waals surface area contributed by atoms with Crippen LogP contribution in [0, 0.1) is 6.92 Å². The van der Waals surface area contributed by atoms with E-state index in [0.29, 0.717) is 17.8 Å². The van der Waals surface area contributed by atoms with Gasteiger partial charge in [-0.25, -0.2) is 23.1 Å². The van der Waals surface area contributed by atoms with Gasteiger partial charge >= 0.3 is 0 Å². The summed E-state index contributed by atoms with van der Waals surface area (Å²) in [6, 6.07) is 6.82. The second-order valence-electron chi connectivity index (χ2n) is 4.33. The second-order valence-corrected chi connectivity index (χ2v) is 6.06. The first-order valence-corrected chi connectivity index (χ1v) is 7.55. The molecule has 0 saturated heterocycles. The number of aromatic nitrogens is 2. The monoisotopic (exact) mass is 292 g/mol. The Hall–Kier alpha value is -1.83. The summed E-state index contributed by atoms with van der Waals surface area (Å²) in [5, 5.41) is 0. The quantitative estimate of drug-likeness (QED) is 0.846. The van der Waals surface area contributed by atoms with Gasteiger partial charge in [-0.1, -0.05) is 12.1 Å². The molecule has 0 saturated carbocycles. The number of hydrogen-bond donors (Lipinski definition) is 2. The van der Waals surface area contributed by atoms with E-state index in [-0.39, 0.29) is 11.4 Å². The van der Waals surface area contributed by atoms with Gasteiger partial charge in [0, 0.05) is 12.7 Å². The van der Waals surface area contributed by atoms with Gasteiger partial charge < -0.3 is 5.73 Å². The molecule has 0 radical (unpaired) electrons. The summed E-state index contributed by atoms with van der Waals surface area (Å²) in [6.07, 6.45) is 2.95. The molecular formula is C13H16N4O2S. The highest BCUT2D eigenvalue weighted by molar-refractivity contribution is 7.89. The number of rotatable bonds is 5. The highest BCUT2D eigenvalue weighted by Crippen LogP contribution is 2.17. The van der Waals surface area contributed by atoms with E-state index in [1.807, 2.05) is 6.07 Å². The van der Waals surface area contributed by atoms with Crippen molar-refractivity contribution in [2.75, 3.05) is 0 Å². The van der Waals surface area contributed by atoms with E-state index < -0.39 is 10.0 Å². The van der Waals surface area contributed by atoms with Crippen LogP contribution in [0.3, 0.4) is 0 Å². The number of benzene rings is 1. The molecule has 0 atom stereocenters. The molecule has 0 unspecified atom stereocenters. The molecule has 0 bridgehead atoms. The first-order chi connectivity index (χ1) is 9.53. The van der Waals surface area contributed by atoms with Crippen LogP contribution in [0.1, 0.15) is 16.8 Å². The Kier molecular flexibility index (Phi) is 4.43. The molecule has 2 aromatic rings. The first-order valence-electron chi connectivity index (χ1n) is 6.07. The number of nitrogens with two attached hydrogens (primary N) is 1. The minimum absolute atomic E-state index is 0.122. The molecular weight excluding hydrogens is 276 g/mol. The van der Waals surface area contributed by atoms with Crippen LogP contribution in [0.5, 0.6) is 0 Å². The third kappa shape index (κ3) is 3.38. The maximum Gasteiger partial charge on any atom is 0.241 e. The Morgan fingerprint density at radius 3 is 2.75 bits per heavy atom. The van der Waals surface area contributed by atoms with Gasteiger partial charge in [0.2, 0.25) is 10.0 Å². The Morgan fingerprint density at radius 2 is 2.10 bits per heavy atom. The lowest BCUT2D eigenvalue weighted by Gasteiger charge is -2.10. The predicted molar refractivity (Wildman–Crippen MR) is 75.1 cm³/mol. The third-order valence-electron chi connectivity index (χ3n) is 2.86. The molecule has 0 aliphatic rings. The molecule has 3 N–H and O–H groups in total. The minimum atomic E-state index is -3.59. The van der Waals surface area contributed by atoms with Crippen molar-refractivity contribution in [3.05, 3.63) is 53.6 Å². The normalized spacial score (nSPS) is 11.5. The minimum Gasteiger partial charge on any atom is -0.326 e. The van der Waals surface area contributed by atoms with Crippen LogP contribution >= 0.6 is 0 Å². The molecule has 0 amide bonds. The van der Waals surface area contributed by atoms with Crippen LogP contribution in [0.15, 0.2) is 41.7 Å². The van der Waals surface area contributed by atoms with Crippen LogP contribution in [0.2, 0.25) is 0 Å². The number of aryl methyl sites for hydroxylation is 1. The van der Waals surface area contributed by atoms with Crippen LogP contribution < -0.4 is 10.5 Å². The third-order valence-corrected chi connectivity index (χ3v) is 4.41. The van der Waals surface area contributed by atoms with Crippen LogP contribution in [-0.2, 0) is 23.1 Å². The van der Waals surface area contributed by atoms with E-state index in [2.05, 4.69) is 14.7 Å². The van der Waals surface area contributed by atoms with Gasteiger partial charge in [-0.15, -0.1) is 0 Å². The Morgan fingerprint density at radius 1 is 1.30 bits per heavy atom. The van der Waals surface area contributed by atoms with Crippen molar-refractivity contribution >= 4 is 10.0 Å². The lowest BCUT2D eigenvalue weighted by Crippen LogP contribution is -2.24. The van der Waals surface area contributed by atoms with E-state index in [0.717, 1.165) is 5.56 Å². The van der Waals surface area contributed by atoms with Gasteiger partial charge in [0.05, 0.1) is 17.1 Å². The van der Waals surface area contributed by atoms with Crippen LogP contribution in [-0.4, -0.2) is 18.4 Å². The standard InChI is InChI=1S/C13H16N4O2S/c1-10-2-3-11(7-14)6-13(10)20(18,19)17-8-12-4-5-15-9-16-12/h2-6,9,17H,7-8,14H2,1H3. The number of sulfonamides is 1. The van der Waals surface area contributed by atoms with Crippen LogP contribution in [0.4, 0.5) is 0 Å². The zero-order valence-electron chi connectivity index (χ0n) is 11.1. The molecule has 20 heavy (non-hydrogen) atoms. The van der Waals surface area contributed by atoms with Gasteiger partial charge in [-0.2, -0.15) is 0 Å². The molecule has 0 aliphatic carbocycles. The fourth-order valence-electron chi connectivity index (χ4n) is 1.73. The average Bonchev–Trinajstić information content (AvgIpc) is 2.47. The topological polar surface area (TPSA) is 98.0 Å². The van der Waals surface area contributed by atoms with E-state index in [9.17, 15) is 8.42 Å². The van der Waals surface area contributed by atoms with Crippen molar-refractivity contribution < 1.29 is 8.42 Å². The molecule has 0 spiro atoms. The molecule has 6 nitrogen and oxygen atoms in total. The molecule has 7 heteroatoms.